The van der Waals surface area contributed by atoms with E-state index in [4.69, 9.17) is 4.74 Å². The van der Waals surface area contributed by atoms with Crippen LogP contribution in [-0.2, 0) is 0 Å². The number of thiazole rings is 1. The topological polar surface area (TPSA) is 57.9 Å². The molecule has 0 amide bonds. The molecule has 0 fully saturated rings. The van der Waals surface area contributed by atoms with E-state index in [0.717, 1.165) is 33.8 Å². The second-order valence-corrected chi connectivity index (χ2v) is 7.21. The van der Waals surface area contributed by atoms with Crippen molar-refractivity contribution in [1.29, 1.82) is 5.26 Å². The molecule has 1 aromatic heterocycles. The summed E-state index contributed by atoms with van der Waals surface area (Å²) in [6, 6.07) is 14.2. The van der Waals surface area contributed by atoms with E-state index in [1.807, 2.05) is 29.6 Å². The van der Waals surface area contributed by atoms with Crippen molar-refractivity contribution in [2.75, 3.05) is 12.4 Å². The minimum absolute atomic E-state index is 0.513. The van der Waals surface area contributed by atoms with E-state index < -0.39 is 0 Å². The molecule has 27 heavy (non-hydrogen) atoms. The first kappa shape index (κ1) is 18.7. The zero-order valence-electron chi connectivity index (χ0n) is 15.8. The molecule has 3 aromatic rings. The van der Waals surface area contributed by atoms with Gasteiger partial charge in [0.2, 0.25) is 0 Å². The highest BCUT2D eigenvalue weighted by molar-refractivity contribution is 7.11. The lowest BCUT2D eigenvalue weighted by Gasteiger charge is -2.11. The maximum atomic E-state index is 9.58. The summed E-state index contributed by atoms with van der Waals surface area (Å²) in [5.74, 6) is 0.805. The molecular formula is C22H21N3OS. The molecule has 1 N–H and O–H groups in total. The number of nitrogens with zero attached hydrogens (tertiary/aromatic N) is 2. The quantitative estimate of drug-likeness (QED) is 0.579. The molecule has 0 aliphatic heterocycles. The number of aryl methyl sites for hydroxylation is 3. The highest BCUT2D eigenvalue weighted by Gasteiger charge is 2.10. The molecule has 4 nitrogen and oxygen atoms in total. The summed E-state index contributed by atoms with van der Waals surface area (Å²) in [4.78, 5) is 4.63. The van der Waals surface area contributed by atoms with E-state index in [9.17, 15) is 5.26 Å². The summed E-state index contributed by atoms with van der Waals surface area (Å²) in [6.07, 6.45) is 1.74. The second kappa shape index (κ2) is 8.07. The molecule has 0 bridgehead atoms. The van der Waals surface area contributed by atoms with Crippen LogP contribution < -0.4 is 10.1 Å². The molecule has 5 heteroatoms. The van der Waals surface area contributed by atoms with Gasteiger partial charge in [-0.1, -0.05) is 17.7 Å². The summed E-state index contributed by atoms with van der Waals surface area (Å²) in [5.41, 5.74) is 6.91. The van der Waals surface area contributed by atoms with Crippen LogP contribution in [0.25, 0.3) is 16.8 Å². The number of rotatable bonds is 5. The Labute approximate surface area is 163 Å². The summed E-state index contributed by atoms with van der Waals surface area (Å²) in [6.45, 7) is 6.21. The van der Waals surface area contributed by atoms with Gasteiger partial charge in [-0.15, -0.1) is 11.3 Å². The molecule has 0 unspecified atom stereocenters. The fourth-order valence-electron chi connectivity index (χ4n) is 2.99. The Kier molecular flexibility index (Phi) is 5.58. The highest BCUT2D eigenvalue weighted by atomic mass is 32.1. The normalized spacial score (nSPS) is 11.1. The second-order valence-electron chi connectivity index (χ2n) is 6.35. The monoisotopic (exact) mass is 375 g/mol. The van der Waals surface area contributed by atoms with Crippen molar-refractivity contribution in [3.8, 4) is 23.1 Å². The third-order valence-corrected chi connectivity index (χ3v) is 5.15. The molecule has 136 valence electrons. The van der Waals surface area contributed by atoms with Gasteiger partial charge < -0.3 is 10.1 Å². The zero-order valence-corrected chi connectivity index (χ0v) is 16.6. The Balaban J connectivity index is 1.85. The first-order valence-electron chi connectivity index (χ1n) is 8.57. The third-order valence-electron chi connectivity index (χ3n) is 4.28. The molecule has 0 aliphatic rings. The van der Waals surface area contributed by atoms with Crippen molar-refractivity contribution in [2.45, 2.75) is 20.8 Å². The molecule has 0 spiro atoms. The van der Waals surface area contributed by atoms with Crippen LogP contribution in [0, 0.1) is 32.1 Å². The van der Waals surface area contributed by atoms with Crippen LogP contribution >= 0.6 is 11.3 Å². The number of methoxy groups -OCH3 is 1. The van der Waals surface area contributed by atoms with Crippen molar-refractivity contribution >= 4 is 22.6 Å². The first-order chi connectivity index (χ1) is 13.0. The van der Waals surface area contributed by atoms with Gasteiger partial charge in [0, 0.05) is 22.8 Å². The fourth-order valence-corrected chi connectivity index (χ4v) is 3.78. The number of anilines is 1. The number of allylic oxidation sites excluding steroid dienone is 1. The Morgan fingerprint density at radius 1 is 1.15 bits per heavy atom. The summed E-state index contributed by atoms with van der Waals surface area (Å²) < 4.78 is 5.19. The maximum Gasteiger partial charge on any atom is 0.136 e. The Morgan fingerprint density at radius 3 is 2.41 bits per heavy atom. The van der Waals surface area contributed by atoms with Crippen LogP contribution in [-0.4, -0.2) is 12.1 Å². The van der Waals surface area contributed by atoms with Gasteiger partial charge in [-0.05, 0) is 56.2 Å². The number of benzene rings is 2. The number of nitrogens with one attached hydrogen (secondary N) is 1. The lowest BCUT2D eigenvalue weighted by molar-refractivity contribution is 0.415. The van der Waals surface area contributed by atoms with E-state index in [1.54, 1.807) is 13.3 Å². The van der Waals surface area contributed by atoms with E-state index >= 15 is 0 Å². The highest BCUT2D eigenvalue weighted by Crippen LogP contribution is 2.28. The molecule has 0 aliphatic carbocycles. The van der Waals surface area contributed by atoms with Crippen LogP contribution in [0.1, 0.15) is 21.7 Å². The number of hydrogen-bond donors (Lipinski definition) is 1. The van der Waals surface area contributed by atoms with E-state index in [2.05, 4.69) is 49.3 Å². The average molecular weight is 375 g/mol. The van der Waals surface area contributed by atoms with Gasteiger partial charge in [-0.2, -0.15) is 5.26 Å². The molecule has 0 saturated carbocycles. The van der Waals surface area contributed by atoms with Crippen LogP contribution in [0.15, 0.2) is 48.0 Å². The standard InChI is InChI=1S/C22H21N3OS/c1-14-9-15(2)21(16(3)10-14)24-12-18(11-23)22-25-20(13-27-22)17-5-7-19(26-4)8-6-17/h5-10,12-13,24H,1-4H3. The minimum Gasteiger partial charge on any atom is -0.497 e. The van der Waals surface area contributed by atoms with Gasteiger partial charge in [-0.25, -0.2) is 4.98 Å². The van der Waals surface area contributed by atoms with Gasteiger partial charge in [0.25, 0.3) is 0 Å². The zero-order chi connectivity index (χ0) is 19.4. The lowest BCUT2D eigenvalue weighted by Crippen LogP contribution is -1.97. The van der Waals surface area contributed by atoms with Gasteiger partial charge in [0.15, 0.2) is 0 Å². The van der Waals surface area contributed by atoms with Crippen LogP contribution in [0.3, 0.4) is 0 Å². The van der Waals surface area contributed by atoms with Crippen molar-refractivity contribution < 1.29 is 4.74 Å². The van der Waals surface area contributed by atoms with E-state index in [0.29, 0.717) is 10.6 Å². The largest absolute Gasteiger partial charge is 0.497 e. The maximum absolute atomic E-state index is 9.58. The van der Waals surface area contributed by atoms with Crippen molar-refractivity contribution in [3.63, 3.8) is 0 Å². The third kappa shape index (κ3) is 4.18. The molecule has 0 saturated heterocycles. The van der Waals surface area contributed by atoms with Crippen LogP contribution in [0.5, 0.6) is 5.75 Å². The smallest absolute Gasteiger partial charge is 0.136 e. The van der Waals surface area contributed by atoms with Crippen molar-refractivity contribution in [1.82, 2.24) is 4.98 Å². The molecule has 1 heterocycles. The van der Waals surface area contributed by atoms with Gasteiger partial charge in [0.1, 0.15) is 22.4 Å². The van der Waals surface area contributed by atoms with Crippen molar-refractivity contribution in [3.05, 3.63) is 69.7 Å². The summed E-state index contributed by atoms with van der Waals surface area (Å²) in [5, 5.41) is 15.5. The number of nitriles is 1. The minimum atomic E-state index is 0.513. The van der Waals surface area contributed by atoms with E-state index in [1.165, 1.54) is 16.9 Å². The average Bonchev–Trinajstić information content (AvgIpc) is 3.14. The first-order valence-corrected chi connectivity index (χ1v) is 9.44. The van der Waals surface area contributed by atoms with Gasteiger partial charge in [-0.3, -0.25) is 0 Å². The Hall–Kier alpha value is -3.10. The van der Waals surface area contributed by atoms with Gasteiger partial charge >= 0.3 is 0 Å². The fraction of sp³-hybridized carbons (Fsp3) is 0.182. The van der Waals surface area contributed by atoms with Gasteiger partial charge in [0.05, 0.1) is 12.8 Å². The number of aromatic nitrogens is 1. The van der Waals surface area contributed by atoms with Crippen LogP contribution in [0.4, 0.5) is 5.69 Å². The van der Waals surface area contributed by atoms with Crippen molar-refractivity contribution in [2.24, 2.45) is 0 Å². The molecular weight excluding hydrogens is 354 g/mol. The van der Waals surface area contributed by atoms with E-state index in [-0.39, 0.29) is 0 Å². The molecule has 3 rings (SSSR count). The SMILES string of the molecule is COc1ccc(-c2csc(C(C#N)=CNc3c(C)cc(C)cc3C)n2)cc1. The molecule has 0 atom stereocenters. The number of hydrogen-bond acceptors (Lipinski definition) is 5. The predicted molar refractivity (Wildman–Crippen MR) is 112 cm³/mol. The Bertz CT molecular complexity index is 1000. The number of ether oxygens (including phenoxy) is 1. The van der Waals surface area contributed by atoms with Crippen LogP contribution in [0.2, 0.25) is 0 Å². The predicted octanol–water partition coefficient (Wildman–Crippen LogP) is 5.72. The molecule has 0 radical (unpaired) electrons. The molecule has 2 aromatic carbocycles. The summed E-state index contributed by atoms with van der Waals surface area (Å²) >= 11 is 1.46. The summed E-state index contributed by atoms with van der Waals surface area (Å²) in [7, 11) is 1.64. The Morgan fingerprint density at radius 2 is 1.81 bits per heavy atom. The lowest BCUT2D eigenvalue weighted by atomic mass is 10.1.